The molecule has 1 aliphatic rings. The predicted molar refractivity (Wildman–Crippen MR) is 80.7 cm³/mol. The van der Waals surface area contributed by atoms with E-state index in [0.717, 1.165) is 38.4 Å². The van der Waals surface area contributed by atoms with Gasteiger partial charge in [0.15, 0.2) is 0 Å². The zero-order valence-corrected chi connectivity index (χ0v) is 12.7. The van der Waals surface area contributed by atoms with Crippen molar-refractivity contribution in [3.8, 4) is 0 Å². The third kappa shape index (κ3) is 3.14. The van der Waals surface area contributed by atoms with Crippen LogP contribution in [0.2, 0.25) is 0 Å². The summed E-state index contributed by atoms with van der Waals surface area (Å²) in [7, 11) is 1.77. The van der Waals surface area contributed by atoms with Gasteiger partial charge in [-0.2, -0.15) is 5.10 Å². The van der Waals surface area contributed by atoms with Crippen LogP contribution in [0.3, 0.4) is 0 Å². The van der Waals surface area contributed by atoms with Crippen LogP contribution in [0.25, 0.3) is 0 Å². The Morgan fingerprint density at radius 2 is 2.24 bits per heavy atom. The Bertz CT molecular complexity index is 595. The average Bonchev–Trinajstić information content (AvgIpc) is 2.86. The molecule has 21 heavy (non-hydrogen) atoms. The standard InChI is InChI=1S/C16H22N4O/c1-13-4-3-7-17-16(13)11-19-10-14-5-8-18-20(14)9-6-15(19)12-21-2/h3-5,7-8,15H,6,9-12H2,1-2H3/t15-/m0/s1. The molecule has 5 heteroatoms. The Labute approximate surface area is 125 Å². The van der Waals surface area contributed by atoms with Crippen LogP contribution >= 0.6 is 0 Å². The van der Waals surface area contributed by atoms with Crippen molar-refractivity contribution in [2.24, 2.45) is 0 Å². The molecule has 3 rings (SSSR count). The van der Waals surface area contributed by atoms with E-state index in [4.69, 9.17) is 4.74 Å². The highest BCUT2D eigenvalue weighted by Crippen LogP contribution is 2.20. The summed E-state index contributed by atoms with van der Waals surface area (Å²) in [5.41, 5.74) is 3.65. The number of hydrogen-bond acceptors (Lipinski definition) is 4. The van der Waals surface area contributed by atoms with Crippen molar-refractivity contribution in [1.29, 1.82) is 0 Å². The van der Waals surface area contributed by atoms with Gasteiger partial charge in [0.2, 0.25) is 0 Å². The lowest BCUT2D eigenvalue weighted by Crippen LogP contribution is -2.37. The monoisotopic (exact) mass is 286 g/mol. The van der Waals surface area contributed by atoms with Gasteiger partial charge >= 0.3 is 0 Å². The molecule has 0 spiro atoms. The number of pyridine rings is 1. The van der Waals surface area contributed by atoms with E-state index in [1.54, 1.807) is 7.11 Å². The molecular weight excluding hydrogens is 264 g/mol. The smallest absolute Gasteiger partial charge is 0.0619 e. The van der Waals surface area contributed by atoms with E-state index in [1.165, 1.54) is 11.3 Å². The molecule has 0 radical (unpaired) electrons. The van der Waals surface area contributed by atoms with Gasteiger partial charge in [-0.15, -0.1) is 0 Å². The summed E-state index contributed by atoms with van der Waals surface area (Å²) in [6, 6.07) is 6.62. The number of rotatable bonds is 4. The summed E-state index contributed by atoms with van der Waals surface area (Å²) >= 11 is 0. The number of aromatic nitrogens is 3. The number of hydrogen-bond donors (Lipinski definition) is 0. The maximum absolute atomic E-state index is 5.42. The Morgan fingerprint density at radius 3 is 3.05 bits per heavy atom. The topological polar surface area (TPSA) is 43.2 Å². The fourth-order valence-corrected chi connectivity index (χ4v) is 2.93. The molecule has 1 atom stereocenters. The van der Waals surface area contributed by atoms with Crippen LogP contribution in [0.15, 0.2) is 30.6 Å². The Balaban J connectivity index is 1.83. The largest absolute Gasteiger partial charge is 0.383 e. The van der Waals surface area contributed by atoms with Crippen molar-refractivity contribution in [3.63, 3.8) is 0 Å². The quantitative estimate of drug-likeness (QED) is 0.862. The molecule has 0 amide bonds. The highest BCUT2D eigenvalue weighted by molar-refractivity contribution is 5.18. The first kappa shape index (κ1) is 14.2. The second-order valence-electron chi connectivity index (χ2n) is 5.62. The minimum Gasteiger partial charge on any atom is -0.383 e. The van der Waals surface area contributed by atoms with E-state index in [1.807, 2.05) is 18.5 Å². The lowest BCUT2D eigenvalue weighted by Gasteiger charge is -2.29. The zero-order chi connectivity index (χ0) is 14.7. The summed E-state index contributed by atoms with van der Waals surface area (Å²) in [6.07, 6.45) is 4.81. The molecular formula is C16H22N4O. The van der Waals surface area contributed by atoms with Gasteiger partial charge in [-0.05, 0) is 31.0 Å². The third-order valence-electron chi connectivity index (χ3n) is 4.19. The molecule has 0 bridgehead atoms. The minimum atomic E-state index is 0.401. The number of aryl methyl sites for hydroxylation is 2. The molecule has 0 aliphatic carbocycles. The fraction of sp³-hybridized carbons (Fsp3) is 0.500. The molecule has 2 aromatic heterocycles. The molecule has 1 aliphatic heterocycles. The zero-order valence-electron chi connectivity index (χ0n) is 12.7. The first-order chi connectivity index (χ1) is 10.3. The maximum atomic E-state index is 5.42. The van der Waals surface area contributed by atoms with Gasteiger partial charge in [0.05, 0.1) is 18.0 Å². The molecule has 0 saturated carbocycles. The number of fused-ring (bicyclic) bond motifs is 1. The maximum Gasteiger partial charge on any atom is 0.0619 e. The van der Waals surface area contributed by atoms with Crippen molar-refractivity contribution in [2.75, 3.05) is 13.7 Å². The van der Waals surface area contributed by atoms with Crippen molar-refractivity contribution >= 4 is 0 Å². The summed E-state index contributed by atoms with van der Waals surface area (Å²) in [6.45, 7) is 5.57. The molecule has 112 valence electrons. The number of ether oxygens (including phenoxy) is 1. The molecule has 0 aromatic carbocycles. The van der Waals surface area contributed by atoms with Crippen LogP contribution in [0.1, 0.15) is 23.4 Å². The van der Waals surface area contributed by atoms with Crippen molar-refractivity contribution < 1.29 is 4.74 Å². The Kier molecular flexibility index (Phi) is 4.31. The highest BCUT2D eigenvalue weighted by Gasteiger charge is 2.24. The molecule has 3 heterocycles. The van der Waals surface area contributed by atoms with Gasteiger partial charge in [-0.25, -0.2) is 0 Å². The van der Waals surface area contributed by atoms with E-state index in [2.05, 4.69) is 38.7 Å². The van der Waals surface area contributed by atoms with Crippen molar-refractivity contribution in [1.82, 2.24) is 19.7 Å². The summed E-state index contributed by atoms with van der Waals surface area (Å²) < 4.78 is 7.52. The Morgan fingerprint density at radius 1 is 1.33 bits per heavy atom. The molecule has 0 N–H and O–H groups in total. The van der Waals surface area contributed by atoms with Gasteiger partial charge < -0.3 is 4.74 Å². The SMILES string of the molecule is COC[C@@H]1CCn2nccc2CN1Cc1ncccc1C. The van der Waals surface area contributed by atoms with Gasteiger partial charge in [-0.3, -0.25) is 14.6 Å². The van der Waals surface area contributed by atoms with Crippen LogP contribution in [0.4, 0.5) is 0 Å². The van der Waals surface area contributed by atoms with Crippen molar-refractivity contribution in [3.05, 3.63) is 47.5 Å². The predicted octanol–water partition coefficient (Wildman–Crippen LogP) is 2.01. The summed E-state index contributed by atoms with van der Waals surface area (Å²) in [5.74, 6) is 0. The van der Waals surface area contributed by atoms with Crippen LogP contribution in [-0.4, -0.2) is 39.4 Å². The first-order valence-electron chi connectivity index (χ1n) is 7.42. The normalized spacial score (nSPS) is 19.2. The van der Waals surface area contributed by atoms with Crippen LogP contribution in [0.5, 0.6) is 0 Å². The van der Waals surface area contributed by atoms with Gasteiger partial charge in [0.25, 0.3) is 0 Å². The molecule has 5 nitrogen and oxygen atoms in total. The van der Waals surface area contributed by atoms with Crippen LogP contribution in [-0.2, 0) is 24.4 Å². The molecule has 0 fully saturated rings. The van der Waals surface area contributed by atoms with E-state index in [9.17, 15) is 0 Å². The number of methoxy groups -OCH3 is 1. The van der Waals surface area contributed by atoms with E-state index in [0.29, 0.717) is 6.04 Å². The average molecular weight is 286 g/mol. The van der Waals surface area contributed by atoms with E-state index >= 15 is 0 Å². The Hall–Kier alpha value is -1.72. The molecule has 0 saturated heterocycles. The first-order valence-corrected chi connectivity index (χ1v) is 7.42. The molecule has 2 aromatic rings. The fourth-order valence-electron chi connectivity index (χ4n) is 2.93. The van der Waals surface area contributed by atoms with Crippen LogP contribution < -0.4 is 0 Å². The van der Waals surface area contributed by atoms with Crippen LogP contribution in [0, 0.1) is 6.92 Å². The van der Waals surface area contributed by atoms with E-state index in [-0.39, 0.29) is 0 Å². The van der Waals surface area contributed by atoms with Crippen molar-refractivity contribution in [2.45, 2.75) is 39.0 Å². The number of nitrogens with zero attached hydrogens (tertiary/aromatic N) is 4. The second-order valence-corrected chi connectivity index (χ2v) is 5.62. The van der Waals surface area contributed by atoms with Gasteiger partial charge in [0.1, 0.15) is 0 Å². The minimum absolute atomic E-state index is 0.401. The van der Waals surface area contributed by atoms with Gasteiger partial charge in [0, 0.05) is 45.2 Å². The summed E-state index contributed by atoms with van der Waals surface area (Å²) in [5, 5.41) is 4.40. The highest BCUT2D eigenvalue weighted by atomic mass is 16.5. The molecule has 0 unspecified atom stereocenters. The summed E-state index contributed by atoms with van der Waals surface area (Å²) in [4.78, 5) is 6.99. The lowest BCUT2D eigenvalue weighted by atomic mass is 10.1. The van der Waals surface area contributed by atoms with Gasteiger partial charge in [-0.1, -0.05) is 6.07 Å². The second kappa shape index (κ2) is 6.37. The van der Waals surface area contributed by atoms with E-state index < -0.39 is 0 Å². The lowest BCUT2D eigenvalue weighted by molar-refractivity contribution is 0.0771. The third-order valence-corrected chi connectivity index (χ3v) is 4.19.